The van der Waals surface area contributed by atoms with Gasteiger partial charge in [0.05, 0.1) is 23.1 Å². The molecule has 27 heavy (non-hydrogen) atoms. The van der Waals surface area contributed by atoms with Crippen LogP contribution in [0.1, 0.15) is 52.7 Å². The number of alkyl halides is 2. The van der Waals surface area contributed by atoms with Crippen LogP contribution < -0.4 is 10.1 Å². The summed E-state index contributed by atoms with van der Waals surface area (Å²) in [5, 5.41) is 2.99. The van der Waals surface area contributed by atoms with Crippen molar-refractivity contribution in [1.29, 1.82) is 0 Å². The van der Waals surface area contributed by atoms with E-state index >= 15 is 0 Å². The molecule has 0 fully saturated rings. The van der Waals surface area contributed by atoms with Gasteiger partial charge in [-0.2, -0.15) is 8.78 Å². The molecule has 5 rings (SSSR count). The molecule has 2 aromatic carbocycles. The number of imidazole rings is 1. The number of hydrogen-bond acceptors (Lipinski definition) is 3. The average Bonchev–Trinajstić information content (AvgIpc) is 3.13. The summed E-state index contributed by atoms with van der Waals surface area (Å²) in [6.45, 7) is -0.874. The standard InChI is InChI=1S/C20H17F2N3O2/c1-2-10-6-7-12-14(8-10)25-15-9-13(18(25)23-12)24-19(26)11-4-3-5-16(17(11)15)27-20(21)22/h3-8,13,15,20H,2,9H2,1H3,(H,24,26)/t13-,15-/m1/s1. The summed E-state index contributed by atoms with van der Waals surface area (Å²) in [6.07, 6.45) is 1.45. The highest BCUT2D eigenvalue weighted by Gasteiger charge is 2.42. The molecule has 0 spiro atoms. The van der Waals surface area contributed by atoms with Crippen molar-refractivity contribution in [3.05, 3.63) is 58.9 Å². The summed E-state index contributed by atoms with van der Waals surface area (Å²) in [5.41, 5.74) is 3.83. The topological polar surface area (TPSA) is 56.2 Å². The van der Waals surface area contributed by atoms with Gasteiger partial charge in [-0.1, -0.05) is 19.1 Å². The van der Waals surface area contributed by atoms with Crippen LogP contribution in [-0.2, 0) is 6.42 Å². The van der Waals surface area contributed by atoms with Crippen molar-refractivity contribution in [2.45, 2.75) is 38.5 Å². The lowest BCUT2D eigenvalue weighted by Gasteiger charge is -2.21. The van der Waals surface area contributed by atoms with E-state index in [1.54, 1.807) is 12.1 Å². The maximum absolute atomic E-state index is 13.0. The summed E-state index contributed by atoms with van der Waals surface area (Å²) in [4.78, 5) is 17.4. The van der Waals surface area contributed by atoms with Crippen LogP contribution in [0, 0.1) is 0 Å². The van der Waals surface area contributed by atoms with Crippen LogP contribution in [0.15, 0.2) is 36.4 Å². The van der Waals surface area contributed by atoms with E-state index in [1.807, 2.05) is 12.1 Å². The fourth-order valence-electron chi connectivity index (χ4n) is 4.28. The summed E-state index contributed by atoms with van der Waals surface area (Å²) in [7, 11) is 0. The van der Waals surface area contributed by atoms with Crippen molar-refractivity contribution < 1.29 is 18.3 Å². The Kier molecular flexibility index (Phi) is 3.47. The minimum Gasteiger partial charge on any atom is -0.434 e. The first-order chi connectivity index (χ1) is 13.1. The zero-order valence-corrected chi connectivity index (χ0v) is 14.6. The molecule has 2 aliphatic rings. The minimum absolute atomic E-state index is 0.0460. The number of aryl methyl sites for hydroxylation is 1. The van der Waals surface area contributed by atoms with Gasteiger partial charge in [-0.3, -0.25) is 4.79 Å². The number of rotatable bonds is 3. The monoisotopic (exact) mass is 369 g/mol. The number of amides is 1. The highest BCUT2D eigenvalue weighted by atomic mass is 19.3. The Morgan fingerprint density at radius 3 is 2.96 bits per heavy atom. The highest BCUT2D eigenvalue weighted by Crippen LogP contribution is 2.47. The predicted molar refractivity (Wildman–Crippen MR) is 95.1 cm³/mol. The van der Waals surface area contributed by atoms with Crippen LogP contribution in [0.2, 0.25) is 0 Å². The van der Waals surface area contributed by atoms with Crippen LogP contribution >= 0.6 is 0 Å². The maximum Gasteiger partial charge on any atom is 0.387 e. The molecule has 3 aromatic rings. The van der Waals surface area contributed by atoms with E-state index in [0.717, 1.165) is 23.3 Å². The number of carbonyl (C=O) groups excluding carboxylic acids is 1. The van der Waals surface area contributed by atoms with E-state index in [-0.39, 0.29) is 23.7 Å². The second kappa shape index (κ2) is 5.77. The average molecular weight is 369 g/mol. The molecule has 5 nitrogen and oxygen atoms in total. The molecule has 1 aromatic heterocycles. The smallest absolute Gasteiger partial charge is 0.387 e. The second-order valence-electron chi connectivity index (χ2n) is 6.89. The molecule has 0 saturated heterocycles. The van der Waals surface area contributed by atoms with E-state index in [0.29, 0.717) is 17.5 Å². The number of benzene rings is 2. The summed E-state index contributed by atoms with van der Waals surface area (Å²) >= 11 is 0. The van der Waals surface area contributed by atoms with Gasteiger partial charge in [0.1, 0.15) is 11.6 Å². The Morgan fingerprint density at radius 2 is 2.19 bits per heavy atom. The minimum atomic E-state index is -2.95. The van der Waals surface area contributed by atoms with E-state index < -0.39 is 6.61 Å². The Labute approximate surface area is 154 Å². The molecular weight excluding hydrogens is 352 g/mol. The molecule has 1 N–H and O–H groups in total. The Morgan fingerprint density at radius 1 is 1.33 bits per heavy atom. The van der Waals surface area contributed by atoms with Gasteiger partial charge < -0.3 is 14.6 Å². The molecule has 138 valence electrons. The summed E-state index contributed by atoms with van der Waals surface area (Å²) in [6, 6.07) is 10.3. The van der Waals surface area contributed by atoms with Crippen LogP contribution in [-0.4, -0.2) is 22.1 Å². The number of ether oxygens (including phenoxy) is 1. The van der Waals surface area contributed by atoms with Crippen LogP contribution in [0.3, 0.4) is 0 Å². The highest BCUT2D eigenvalue weighted by molar-refractivity contribution is 5.98. The SMILES string of the molecule is CCc1ccc2nc3n(c2c1)[C@@H]1C[C@H]3NC(=O)c2cccc(OC(F)F)c21. The fraction of sp³-hybridized carbons (Fsp3) is 0.300. The summed E-state index contributed by atoms with van der Waals surface area (Å²) in [5.74, 6) is 0.517. The van der Waals surface area contributed by atoms with E-state index in [2.05, 4.69) is 22.9 Å². The van der Waals surface area contributed by atoms with Crippen LogP contribution in [0.5, 0.6) is 5.75 Å². The number of aromatic nitrogens is 2. The fourth-order valence-corrected chi connectivity index (χ4v) is 4.28. The number of hydrogen-bond donors (Lipinski definition) is 1. The van der Waals surface area contributed by atoms with Gasteiger partial charge in [0.15, 0.2) is 0 Å². The third kappa shape index (κ3) is 2.34. The molecule has 2 aliphatic heterocycles. The molecule has 7 heteroatoms. The van der Waals surface area contributed by atoms with Gasteiger partial charge in [-0.25, -0.2) is 4.98 Å². The third-order valence-corrected chi connectivity index (χ3v) is 5.44. The predicted octanol–water partition coefficient (Wildman–Crippen LogP) is 3.98. The van der Waals surface area contributed by atoms with Gasteiger partial charge in [-0.05, 0) is 42.7 Å². The number of halogens is 2. The number of fused-ring (bicyclic) bond motifs is 9. The lowest BCUT2D eigenvalue weighted by molar-refractivity contribution is -0.0507. The Hall–Kier alpha value is -2.96. The van der Waals surface area contributed by atoms with Crippen molar-refractivity contribution in [3.63, 3.8) is 0 Å². The van der Waals surface area contributed by atoms with Crippen LogP contribution in [0.25, 0.3) is 11.0 Å². The van der Waals surface area contributed by atoms with E-state index in [9.17, 15) is 13.6 Å². The first-order valence-electron chi connectivity index (χ1n) is 8.96. The molecule has 0 unspecified atom stereocenters. The zero-order chi connectivity index (χ0) is 18.7. The van der Waals surface area contributed by atoms with Gasteiger partial charge in [0, 0.05) is 11.1 Å². The first-order valence-corrected chi connectivity index (χ1v) is 8.96. The molecular formula is C20H17F2N3O2. The largest absolute Gasteiger partial charge is 0.434 e. The van der Waals surface area contributed by atoms with Gasteiger partial charge in [0.25, 0.3) is 5.91 Å². The maximum atomic E-state index is 13.0. The number of carbonyl (C=O) groups is 1. The number of nitrogens with one attached hydrogen (secondary N) is 1. The molecule has 0 saturated carbocycles. The lowest BCUT2D eigenvalue weighted by atomic mass is 9.97. The normalized spacial score (nSPS) is 20.4. The second-order valence-corrected chi connectivity index (χ2v) is 6.89. The molecule has 0 aliphatic carbocycles. The van der Waals surface area contributed by atoms with Gasteiger partial charge in [0.2, 0.25) is 0 Å². The Bertz CT molecular complexity index is 1080. The lowest BCUT2D eigenvalue weighted by Crippen LogP contribution is -2.28. The molecule has 3 heterocycles. The van der Waals surface area contributed by atoms with Crippen molar-refractivity contribution in [2.75, 3.05) is 0 Å². The quantitative estimate of drug-likeness (QED) is 0.760. The van der Waals surface area contributed by atoms with Crippen molar-refractivity contribution in [2.24, 2.45) is 0 Å². The summed E-state index contributed by atoms with van der Waals surface area (Å²) < 4.78 is 32.8. The zero-order valence-electron chi connectivity index (χ0n) is 14.6. The third-order valence-electron chi connectivity index (χ3n) is 5.44. The van der Waals surface area contributed by atoms with Gasteiger partial charge in [-0.15, -0.1) is 0 Å². The van der Waals surface area contributed by atoms with Crippen molar-refractivity contribution in [1.82, 2.24) is 14.9 Å². The molecule has 2 bridgehead atoms. The van der Waals surface area contributed by atoms with E-state index in [4.69, 9.17) is 9.72 Å². The molecule has 1 amide bonds. The Balaban J connectivity index is 1.78. The van der Waals surface area contributed by atoms with Crippen LogP contribution in [0.4, 0.5) is 8.78 Å². The number of nitrogens with zero attached hydrogens (tertiary/aromatic N) is 2. The van der Waals surface area contributed by atoms with Crippen molar-refractivity contribution in [3.8, 4) is 5.75 Å². The first kappa shape index (κ1) is 16.2. The molecule has 2 atom stereocenters. The molecule has 0 radical (unpaired) electrons. The van der Waals surface area contributed by atoms with E-state index in [1.165, 1.54) is 11.6 Å². The van der Waals surface area contributed by atoms with Crippen molar-refractivity contribution >= 4 is 16.9 Å². The van der Waals surface area contributed by atoms with Gasteiger partial charge >= 0.3 is 6.61 Å².